The third kappa shape index (κ3) is 3.21. The zero-order chi connectivity index (χ0) is 17.2. The van der Waals surface area contributed by atoms with Gasteiger partial charge in [-0.15, -0.1) is 0 Å². The Bertz CT molecular complexity index is 896. The molecule has 0 spiro atoms. The molecule has 1 aliphatic rings. The molecule has 0 atom stereocenters. The molecule has 0 aliphatic carbocycles. The Morgan fingerprint density at radius 2 is 1.88 bits per heavy atom. The molecule has 0 unspecified atom stereocenters. The highest BCUT2D eigenvalue weighted by Gasteiger charge is 2.20. The van der Waals surface area contributed by atoms with E-state index in [4.69, 9.17) is 17.3 Å². The van der Waals surface area contributed by atoms with Gasteiger partial charge in [0, 0.05) is 19.3 Å². The van der Waals surface area contributed by atoms with Crippen LogP contribution in [0.5, 0.6) is 0 Å². The van der Waals surface area contributed by atoms with E-state index in [1.807, 2.05) is 0 Å². The molecular weight excluding hydrogens is 336 g/mol. The predicted octanol–water partition coefficient (Wildman–Crippen LogP) is 3.41. The number of fused-ring (bicyclic) bond motifs is 1. The van der Waals surface area contributed by atoms with Crippen LogP contribution in [0.3, 0.4) is 0 Å². The Morgan fingerprint density at radius 1 is 1.04 bits per heavy atom. The third-order valence-corrected chi connectivity index (χ3v) is 4.49. The second-order valence-corrected chi connectivity index (χ2v) is 6.32. The molecule has 0 fully saturated rings. The van der Waals surface area contributed by atoms with Crippen LogP contribution < -0.4 is 16.0 Å². The zero-order valence-electron chi connectivity index (χ0n) is 13.5. The Labute approximate surface area is 150 Å². The first-order valence-electron chi connectivity index (χ1n) is 8.01. The summed E-state index contributed by atoms with van der Waals surface area (Å²) >= 11 is 5.87. The van der Waals surface area contributed by atoms with Crippen molar-refractivity contribution in [2.75, 3.05) is 22.5 Å². The lowest BCUT2D eigenvalue weighted by Crippen LogP contribution is -2.31. The Kier molecular flexibility index (Phi) is 4.11. The van der Waals surface area contributed by atoms with Gasteiger partial charge in [0.15, 0.2) is 11.6 Å². The molecule has 0 bridgehead atoms. The molecule has 0 radical (unpaired) electrons. The lowest BCUT2D eigenvalue weighted by Gasteiger charge is -2.30. The van der Waals surface area contributed by atoms with Gasteiger partial charge in [-0.1, -0.05) is 35.9 Å². The lowest BCUT2D eigenvalue weighted by atomic mass is 10.00. The molecule has 3 N–H and O–H groups in total. The molecule has 0 saturated heterocycles. The maximum atomic E-state index is 6.33. The fourth-order valence-corrected chi connectivity index (χ4v) is 3.10. The molecule has 126 valence electrons. The number of halogens is 1. The highest BCUT2D eigenvalue weighted by molar-refractivity contribution is 6.30. The van der Waals surface area contributed by atoms with E-state index < -0.39 is 0 Å². The van der Waals surface area contributed by atoms with Crippen LogP contribution in [0.1, 0.15) is 11.1 Å². The summed E-state index contributed by atoms with van der Waals surface area (Å²) in [6.45, 7) is 1.66. The summed E-state index contributed by atoms with van der Waals surface area (Å²) in [5.74, 6) is 1.91. The highest BCUT2D eigenvalue weighted by Crippen LogP contribution is 2.31. The molecule has 3 aromatic rings. The van der Waals surface area contributed by atoms with Crippen molar-refractivity contribution in [3.63, 3.8) is 0 Å². The zero-order valence-corrected chi connectivity index (χ0v) is 14.2. The third-order valence-electron chi connectivity index (χ3n) is 4.27. The smallest absolute Gasteiger partial charge is 0.160 e. The van der Waals surface area contributed by atoms with Crippen molar-refractivity contribution in [1.29, 1.82) is 0 Å². The van der Waals surface area contributed by atoms with Gasteiger partial charge in [0.1, 0.15) is 17.8 Å². The topological polar surface area (TPSA) is 80.0 Å². The van der Waals surface area contributed by atoms with Gasteiger partial charge in [-0.3, -0.25) is 0 Å². The summed E-state index contributed by atoms with van der Waals surface area (Å²) < 4.78 is 0. The second-order valence-electron chi connectivity index (χ2n) is 5.89. The van der Waals surface area contributed by atoms with E-state index in [2.05, 4.69) is 49.4 Å². The number of nitrogens with zero attached hydrogens (tertiary/aromatic N) is 4. The maximum Gasteiger partial charge on any atom is 0.160 e. The maximum absolute atomic E-state index is 6.33. The summed E-state index contributed by atoms with van der Waals surface area (Å²) in [5, 5.41) is 3.70. The first kappa shape index (κ1) is 15.7. The molecule has 6 nitrogen and oxygen atoms in total. The predicted molar refractivity (Wildman–Crippen MR) is 100 cm³/mol. The number of benzene rings is 1. The Balaban J connectivity index is 1.60. The SMILES string of the molecule is Nc1c(Nc2ccc(Cl)cn2)ncnc1N1CCc2ccccc2C1. The summed E-state index contributed by atoms with van der Waals surface area (Å²) in [7, 11) is 0. The highest BCUT2D eigenvalue weighted by atomic mass is 35.5. The van der Waals surface area contributed by atoms with E-state index in [-0.39, 0.29) is 0 Å². The van der Waals surface area contributed by atoms with Crippen LogP contribution in [0, 0.1) is 0 Å². The largest absolute Gasteiger partial charge is 0.393 e. The van der Waals surface area contributed by atoms with E-state index in [9.17, 15) is 0 Å². The van der Waals surface area contributed by atoms with Gasteiger partial charge in [0.05, 0.1) is 5.02 Å². The molecule has 0 amide bonds. The van der Waals surface area contributed by atoms with E-state index in [1.165, 1.54) is 17.5 Å². The summed E-state index contributed by atoms with van der Waals surface area (Å²) in [6, 6.07) is 12.0. The average Bonchev–Trinajstić information content (AvgIpc) is 2.65. The van der Waals surface area contributed by atoms with Crippen molar-refractivity contribution in [2.24, 2.45) is 0 Å². The number of pyridine rings is 1. The van der Waals surface area contributed by atoms with Gasteiger partial charge in [-0.25, -0.2) is 15.0 Å². The Hall–Kier alpha value is -2.86. The number of anilines is 4. The molecule has 4 rings (SSSR count). The fourth-order valence-electron chi connectivity index (χ4n) is 2.99. The van der Waals surface area contributed by atoms with Crippen LogP contribution in [0.25, 0.3) is 0 Å². The van der Waals surface area contributed by atoms with Gasteiger partial charge in [0.25, 0.3) is 0 Å². The minimum Gasteiger partial charge on any atom is -0.393 e. The second kappa shape index (κ2) is 6.57. The quantitative estimate of drug-likeness (QED) is 0.752. The van der Waals surface area contributed by atoms with Crippen molar-refractivity contribution in [3.05, 3.63) is 65.1 Å². The minimum absolute atomic E-state index is 0.513. The van der Waals surface area contributed by atoms with Gasteiger partial charge in [-0.05, 0) is 29.7 Å². The normalized spacial score (nSPS) is 13.4. The van der Waals surface area contributed by atoms with Crippen molar-refractivity contribution in [3.8, 4) is 0 Å². The first-order chi connectivity index (χ1) is 12.2. The van der Waals surface area contributed by atoms with Gasteiger partial charge in [-0.2, -0.15) is 0 Å². The summed E-state index contributed by atoms with van der Waals surface area (Å²) in [4.78, 5) is 15.0. The first-order valence-corrected chi connectivity index (χ1v) is 8.39. The van der Waals surface area contributed by atoms with E-state index >= 15 is 0 Å². The number of nitrogen functional groups attached to an aromatic ring is 1. The van der Waals surface area contributed by atoms with Crippen LogP contribution in [-0.2, 0) is 13.0 Å². The van der Waals surface area contributed by atoms with Gasteiger partial charge < -0.3 is 16.0 Å². The molecular formula is C18H17ClN6. The number of hydrogen-bond acceptors (Lipinski definition) is 6. The fraction of sp³-hybridized carbons (Fsp3) is 0.167. The monoisotopic (exact) mass is 352 g/mol. The van der Waals surface area contributed by atoms with E-state index in [0.29, 0.717) is 22.3 Å². The van der Waals surface area contributed by atoms with E-state index in [1.54, 1.807) is 18.3 Å². The standard InChI is InChI=1S/C18H17ClN6/c19-14-5-6-15(21-9-14)24-17-16(20)18(23-11-22-17)25-8-7-12-3-1-2-4-13(12)10-25/h1-6,9,11H,7-8,10,20H2,(H,21,22,23,24). The van der Waals surface area contributed by atoms with Crippen LogP contribution in [0.15, 0.2) is 48.9 Å². The Morgan fingerprint density at radius 3 is 2.68 bits per heavy atom. The van der Waals surface area contributed by atoms with Crippen molar-refractivity contribution < 1.29 is 0 Å². The van der Waals surface area contributed by atoms with Crippen LogP contribution in [-0.4, -0.2) is 21.5 Å². The lowest BCUT2D eigenvalue weighted by molar-refractivity contribution is 0.721. The molecule has 1 aromatic carbocycles. The average molecular weight is 353 g/mol. The number of nitrogens with one attached hydrogen (secondary N) is 1. The number of nitrogens with two attached hydrogens (primary N) is 1. The van der Waals surface area contributed by atoms with Gasteiger partial charge in [0.2, 0.25) is 0 Å². The summed E-state index contributed by atoms with van der Waals surface area (Å²) in [5.41, 5.74) is 9.53. The molecule has 25 heavy (non-hydrogen) atoms. The molecule has 0 saturated carbocycles. The van der Waals surface area contributed by atoms with Gasteiger partial charge >= 0.3 is 0 Å². The van der Waals surface area contributed by atoms with Crippen LogP contribution in [0.2, 0.25) is 5.02 Å². The molecule has 1 aliphatic heterocycles. The van der Waals surface area contributed by atoms with E-state index in [0.717, 1.165) is 25.3 Å². The van der Waals surface area contributed by atoms with Crippen molar-refractivity contribution in [2.45, 2.75) is 13.0 Å². The summed E-state index contributed by atoms with van der Waals surface area (Å²) in [6.07, 6.45) is 4.06. The minimum atomic E-state index is 0.513. The van der Waals surface area contributed by atoms with Crippen LogP contribution >= 0.6 is 11.6 Å². The molecule has 3 heterocycles. The van der Waals surface area contributed by atoms with Crippen molar-refractivity contribution in [1.82, 2.24) is 15.0 Å². The number of hydrogen-bond donors (Lipinski definition) is 2. The van der Waals surface area contributed by atoms with Crippen molar-refractivity contribution >= 4 is 34.7 Å². The number of aromatic nitrogens is 3. The van der Waals surface area contributed by atoms with Crippen LogP contribution in [0.4, 0.5) is 23.1 Å². The molecule has 7 heteroatoms. The number of rotatable bonds is 3. The molecule has 2 aromatic heterocycles.